The predicted octanol–water partition coefficient (Wildman–Crippen LogP) is 8.80. The Morgan fingerprint density at radius 2 is 1.49 bits per heavy atom. The summed E-state index contributed by atoms with van der Waals surface area (Å²) in [6, 6.07) is 0. The minimum atomic E-state index is -0.547. The molecule has 2 heterocycles. The van der Waals surface area contributed by atoms with Gasteiger partial charge >= 0.3 is 6.16 Å². The van der Waals surface area contributed by atoms with Crippen LogP contribution in [0.5, 0.6) is 5.88 Å². The van der Waals surface area contributed by atoms with E-state index in [1.54, 1.807) is 14.2 Å². The summed E-state index contributed by atoms with van der Waals surface area (Å²) < 4.78 is 31.3. The maximum Gasteiger partial charge on any atom is 0.512 e. The Bertz CT molecular complexity index is 819. The van der Waals surface area contributed by atoms with Crippen molar-refractivity contribution in [3.8, 4) is 5.88 Å². The lowest BCUT2D eigenvalue weighted by molar-refractivity contribution is -0.947. The van der Waals surface area contributed by atoms with Crippen LogP contribution in [0.2, 0.25) is 0 Å². The van der Waals surface area contributed by atoms with E-state index in [0.717, 1.165) is 56.5 Å². The minimum Gasteiger partial charge on any atom is -0.475 e. The number of likely N-dealkylation sites (N-methyl/N-ethyl adjacent to an activating group) is 1. The molecule has 2 unspecified atom stereocenters. The van der Waals surface area contributed by atoms with E-state index in [1.807, 2.05) is 6.92 Å². The third-order valence-corrected chi connectivity index (χ3v) is 7.98. The number of carbonyl (C=O) groups excluding carboxylic acids is 1. The van der Waals surface area contributed by atoms with E-state index in [1.165, 1.54) is 82.4 Å². The lowest BCUT2D eigenvalue weighted by Crippen LogP contribution is -2.56. The summed E-state index contributed by atoms with van der Waals surface area (Å²) in [4.78, 5) is 12.5. The molecule has 0 amide bonds. The molecule has 9 heteroatoms. The number of hydrogen-bond donors (Lipinski definition) is 0. The third kappa shape index (κ3) is 15.9. The third-order valence-electron chi connectivity index (χ3n) is 7.47. The molecule has 1 aliphatic heterocycles. The number of rotatable bonds is 21. The van der Waals surface area contributed by atoms with E-state index in [0.29, 0.717) is 23.6 Å². The molecule has 0 radical (unpaired) electrons. The van der Waals surface area contributed by atoms with Crippen LogP contribution in [0.15, 0.2) is 6.08 Å². The molecule has 0 bridgehead atoms. The smallest absolute Gasteiger partial charge is 0.475 e. The molecule has 0 aliphatic carbocycles. The van der Waals surface area contributed by atoms with Crippen molar-refractivity contribution in [1.29, 1.82) is 0 Å². The van der Waals surface area contributed by atoms with Gasteiger partial charge in [0.05, 0.1) is 38.5 Å². The van der Waals surface area contributed by atoms with E-state index in [9.17, 15) is 4.79 Å². The summed E-state index contributed by atoms with van der Waals surface area (Å²) in [5.41, 5.74) is 1.99. The van der Waals surface area contributed by atoms with Crippen molar-refractivity contribution in [1.82, 2.24) is 8.75 Å². The quantitative estimate of drug-likeness (QED) is 0.0794. The van der Waals surface area contributed by atoms with Crippen LogP contribution in [0.25, 0.3) is 5.57 Å². The average Bonchev–Trinajstić information content (AvgIpc) is 3.43. The maximum atomic E-state index is 12.5. The fourth-order valence-electron chi connectivity index (χ4n) is 5.11. The number of methoxy groups -OCH3 is 1. The molecule has 8 nitrogen and oxygen atoms in total. The molecule has 238 valence electrons. The van der Waals surface area contributed by atoms with E-state index < -0.39 is 6.16 Å². The van der Waals surface area contributed by atoms with Crippen LogP contribution >= 0.6 is 11.7 Å². The zero-order chi connectivity index (χ0) is 30.2. The van der Waals surface area contributed by atoms with Crippen molar-refractivity contribution in [2.45, 2.75) is 130 Å². The molecule has 1 aliphatic rings. The highest BCUT2D eigenvalue weighted by Gasteiger charge is 2.39. The zero-order valence-electron chi connectivity index (χ0n) is 27.1. The molecule has 0 saturated heterocycles. The number of hydrogen-bond acceptors (Lipinski definition) is 8. The van der Waals surface area contributed by atoms with Gasteiger partial charge in [0, 0.05) is 32.6 Å². The summed E-state index contributed by atoms with van der Waals surface area (Å²) in [6.07, 6.45) is 20.1. The minimum absolute atomic E-state index is 0.238. The summed E-state index contributed by atoms with van der Waals surface area (Å²) in [5.74, 6) is 0.643. The van der Waals surface area contributed by atoms with Gasteiger partial charge in [-0.15, -0.1) is 4.37 Å². The fourth-order valence-corrected chi connectivity index (χ4v) is 5.64. The Hall–Kier alpha value is -1.71. The first-order valence-corrected chi connectivity index (χ1v) is 16.9. The zero-order valence-corrected chi connectivity index (χ0v) is 27.9. The molecule has 1 aromatic rings. The highest BCUT2D eigenvalue weighted by molar-refractivity contribution is 6.99. The second-order valence-electron chi connectivity index (χ2n) is 11.4. The molecule has 2 rings (SSSR count). The molecule has 0 saturated carbocycles. The number of ether oxygens (including phenoxy) is 4. The van der Waals surface area contributed by atoms with Crippen molar-refractivity contribution >= 4 is 23.5 Å². The van der Waals surface area contributed by atoms with E-state index in [4.69, 9.17) is 14.2 Å². The Labute approximate surface area is 255 Å². The lowest BCUT2D eigenvalue weighted by atomic mass is 10.0. The van der Waals surface area contributed by atoms with Crippen LogP contribution in [0.1, 0.15) is 129 Å². The largest absolute Gasteiger partial charge is 0.512 e. The van der Waals surface area contributed by atoms with Crippen molar-refractivity contribution in [2.75, 3.05) is 47.6 Å². The predicted molar refractivity (Wildman–Crippen MR) is 169 cm³/mol. The Balaban J connectivity index is 0.00000268. The van der Waals surface area contributed by atoms with Crippen LogP contribution in [0.3, 0.4) is 0 Å². The number of quaternary nitrogens is 1. The van der Waals surface area contributed by atoms with Crippen molar-refractivity contribution in [3.63, 3.8) is 0 Å². The monoisotopic (exact) mass is 598 g/mol. The van der Waals surface area contributed by atoms with Crippen molar-refractivity contribution < 1.29 is 28.2 Å². The van der Waals surface area contributed by atoms with Gasteiger partial charge in [0.15, 0.2) is 0 Å². The Morgan fingerprint density at radius 3 is 2.12 bits per heavy atom. The first-order valence-electron chi connectivity index (χ1n) is 16.2. The molecular formula is C32H60N3O5S+. The van der Waals surface area contributed by atoms with Crippen molar-refractivity contribution in [2.24, 2.45) is 0 Å². The van der Waals surface area contributed by atoms with Gasteiger partial charge in [-0.25, -0.2) is 4.79 Å². The van der Waals surface area contributed by atoms with Crippen LogP contribution in [-0.4, -0.2) is 73.2 Å². The summed E-state index contributed by atoms with van der Waals surface area (Å²) in [5, 5.41) is 0. The van der Waals surface area contributed by atoms with Gasteiger partial charge in [0.1, 0.15) is 12.2 Å². The first kappa shape index (κ1) is 37.3. The Morgan fingerprint density at radius 1 is 0.878 bits per heavy atom. The normalized spacial score (nSPS) is 17.3. The fraction of sp³-hybridized carbons (Fsp3) is 0.844. The second kappa shape index (κ2) is 23.8. The molecule has 0 N–H and O–H groups in total. The molecule has 0 aromatic carbocycles. The van der Waals surface area contributed by atoms with Crippen LogP contribution in [-0.2, 0) is 14.2 Å². The average molecular weight is 599 g/mol. The lowest BCUT2D eigenvalue weighted by Gasteiger charge is -2.42. The molecule has 2 atom stereocenters. The second-order valence-corrected chi connectivity index (χ2v) is 11.9. The number of nitrogens with zero attached hydrogens (tertiary/aromatic N) is 3. The van der Waals surface area contributed by atoms with E-state index in [2.05, 4.69) is 40.5 Å². The van der Waals surface area contributed by atoms with Gasteiger partial charge in [-0.3, -0.25) is 4.48 Å². The van der Waals surface area contributed by atoms with Gasteiger partial charge in [0.2, 0.25) is 6.23 Å². The highest BCUT2D eigenvalue weighted by atomic mass is 32.1. The maximum absolute atomic E-state index is 12.5. The van der Waals surface area contributed by atoms with E-state index >= 15 is 0 Å². The molecule has 0 fully saturated rings. The van der Waals surface area contributed by atoms with E-state index in [-0.39, 0.29) is 6.23 Å². The van der Waals surface area contributed by atoms with Gasteiger partial charge in [0.25, 0.3) is 5.88 Å². The number of unbranched alkanes of at least 4 members (excludes halogenated alkanes) is 11. The molecule has 1 aromatic heterocycles. The van der Waals surface area contributed by atoms with Crippen molar-refractivity contribution in [3.05, 3.63) is 11.8 Å². The van der Waals surface area contributed by atoms with Gasteiger partial charge in [-0.2, -0.15) is 4.37 Å². The number of carbonyl (C=O) groups is 1. The molecule has 0 spiro atoms. The summed E-state index contributed by atoms with van der Waals surface area (Å²) in [7, 11) is 5.45. The van der Waals surface area contributed by atoms with Crippen LogP contribution in [0.4, 0.5) is 4.79 Å². The number of aromatic nitrogens is 2. The SMILES string of the molecule is CCCCCCCCCCCC(OC(=O)OCCC)[N+]1(C)CCC=C(c2nsnc2OCCCCCC)C1.COC. The highest BCUT2D eigenvalue weighted by Crippen LogP contribution is 2.33. The first-order chi connectivity index (χ1) is 19.9. The van der Waals surface area contributed by atoms with Crippen LogP contribution in [0, 0.1) is 0 Å². The standard InChI is InChI=1S/C30H54N3O4S.C2H6O/c1-5-8-10-12-13-14-15-16-17-21-27(37-30(34)36-23-7-3)33(4)22-19-20-26(25-33)28-29(32-38-31-28)35-24-18-11-9-6-2;1-3-2/h20,27H,5-19,21-25H2,1-4H3;1-2H3/q+1;. The molecular weight excluding hydrogens is 538 g/mol. The summed E-state index contributed by atoms with van der Waals surface area (Å²) >= 11 is 1.21. The van der Waals surface area contributed by atoms with Gasteiger partial charge in [-0.05, 0) is 19.3 Å². The van der Waals surface area contributed by atoms with Crippen LogP contribution < -0.4 is 4.74 Å². The van der Waals surface area contributed by atoms with Gasteiger partial charge in [-0.1, -0.05) is 97.5 Å². The topological polar surface area (TPSA) is 79.8 Å². The Kier molecular flexibility index (Phi) is 21.7. The molecule has 41 heavy (non-hydrogen) atoms. The van der Waals surface area contributed by atoms with Gasteiger partial charge < -0.3 is 18.9 Å². The summed E-state index contributed by atoms with van der Waals surface area (Å²) in [6.45, 7) is 9.18.